The van der Waals surface area contributed by atoms with E-state index in [2.05, 4.69) is 22.4 Å². The van der Waals surface area contributed by atoms with Crippen molar-refractivity contribution in [1.82, 2.24) is 15.4 Å². The molecule has 1 fully saturated rings. The Balaban J connectivity index is 1.58. The van der Waals surface area contributed by atoms with E-state index in [9.17, 15) is 4.79 Å². The van der Waals surface area contributed by atoms with Crippen molar-refractivity contribution in [1.29, 1.82) is 0 Å². The third-order valence-corrected chi connectivity index (χ3v) is 4.19. The predicted octanol–water partition coefficient (Wildman–Crippen LogP) is 2.82. The van der Waals surface area contributed by atoms with Gasteiger partial charge >= 0.3 is 0 Å². The van der Waals surface area contributed by atoms with Crippen LogP contribution < -0.4 is 5.32 Å². The van der Waals surface area contributed by atoms with Gasteiger partial charge in [-0.15, -0.1) is 0 Å². The molecule has 1 aliphatic carbocycles. The number of nitrogens with one attached hydrogen (secondary N) is 1. The van der Waals surface area contributed by atoms with E-state index in [1.165, 1.54) is 5.56 Å². The standard InChI is InChI=1S/C18H23N3O2/c1-12-17(13(2)23-20-12)11-21(3)10-14-4-6-15(7-5-14)18(22)19-16-8-9-16/h4-7,16H,8-11H2,1-3H3,(H,19,22). The molecule has 5 heteroatoms. The van der Waals surface area contributed by atoms with Crippen LogP contribution in [0, 0.1) is 13.8 Å². The van der Waals surface area contributed by atoms with Crippen LogP contribution in [0.3, 0.4) is 0 Å². The Kier molecular flexibility index (Phi) is 4.48. The van der Waals surface area contributed by atoms with Crippen molar-refractivity contribution < 1.29 is 9.32 Å². The van der Waals surface area contributed by atoms with E-state index in [4.69, 9.17) is 4.52 Å². The average Bonchev–Trinajstić information content (AvgIpc) is 3.29. The molecule has 3 rings (SSSR count). The summed E-state index contributed by atoms with van der Waals surface area (Å²) in [5.41, 5.74) is 4.01. The molecule has 1 amide bonds. The Hall–Kier alpha value is -2.14. The van der Waals surface area contributed by atoms with Gasteiger partial charge in [-0.1, -0.05) is 17.3 Å². The van der Waals surface area contributed by atoms with Gasteiger partial charge in [-0.2, -0.15) is 0 Å². The van der Waals surface area contributed by atoms with E-state index in [-0.39, 0.29) is 5.91 Å². The van der Waals surface area contributed by atoms with E-state index in [1.54, 1.807) is 0 Å². The van der Waals surface area contributed by atoms with Crippen LogP contribution in [0.1, 0.15) is 45.8 Å². The number of aryl methyl sites for hydroxylation is 2. The molecular formula is C18H23N3O2. The number of nitrogens with zero attached hydrogens (tertiary/aromatic N) is 2. The van der Waals surface area contributed by atoms with Crippen molar-refractivity contribution in [2.45, 2.75) is 45.8 Å². The molecule has 1 saturated carbocycles. The Bertz CT molecular complexity index is 667. The highest BCUT2D eigenvalue weighted by Gasteiger charge is 2.23. The molecule has 0 radical (unpaired) electrons. The second-order valence-corrected chi connectivity index (χ2v) is 6.42. The Morgan fingerprint density at radius 2 is 1.96 bits per heavy atom. The van der Waals surface area contributed by atoms with Crippen molar-refractivity contribution in [3.8, 4) is 0 Å². The van der Waals surface area contributed by atoms with Crippen molar-refractivity contribution in [3.05, 3.63) is 52.4 Å². The fourth-order valence-electron chi connectivity index (χ4n) is 2.62. The highest BCUT2D eigenvalue weighted by molar-refractivity contribution is 5.94. The number of amides is 1. The van der Waals surface area contributed by atoms with Gasteiger partial charge in [-0.3, -0.25) is 9.69 Å². The topological polar surface area (TPSA) is 58.4 Å². The molecule has 5 nitrogen and oxygen atoms in total. The van der Waals surface area contributed by atoms with Crippen LogP contribution in [0.2, 0.25) is 0 Å². The summed E-state index contributed by atoms with van der Waals surface area (Å²) in [6.07, 6.45) is 2.21. The molecule has 0 spiro atoms. The van der Waals surface area contributed by atoms with Crippen molar-refractivity contribution in [2.75, 3.05) is 7.05 Å². The van der Waals surface area contributed by atoms with Crippen molar-refractivity contribution >= 4 is 5.91 Å². The van der Waals surface area contributed by atoms with Crippen molar-refractivity contribution in [2.24, 2.45) is 0 Å². The molecule has 2 aromatic rings. The number of benzene rings is 1. The molecule has 122 valence electrons. The Morgan fingerprint density at radius 1 is 1.26 bits per heavy atom. The van der Waals surface area contributed by atoms with Gasteiger partial charge in [0.1, 0.15) is 5.76 Å². The lowest BCUT2D eigenvalue weighted by Crippen LogP contribution is -2.25. The minimum atomic E-state index is 0.0307. The third-order valence-electron chi connectivity index (χ3n) is 4.19. The van der Waals surface area contributed by atoms with E-state index in [0.717, 1.165) is 48.5 Å². The number of carbonyl (C=O) groups excluding carboxylic acids is 1. The number of aromatic nitrogens is 1. The van der Waals surface area contributed by atoms with Crippen LogP contribution in [-0.2, 0) is 13.1 Å². The highest BCUT2D eigenvalue weighted by Crippen LogP contribution is 2.20. The lowest BCUT2D eigenvalue weighted by atomic mass is 10.1. The van der Waals surface area contributed by atoms with Crippen LogP contribution in [-0.4, -0.2) is 29.1 Å². The van der Waals surface area contributed by atoms with Crippen LogP contribution in [0.5, 0.6) is 0 Å². The molecule has 1 aromatic heterocycles. The SMILES string of the molecule is Cc1noc(C)c1CN(C)Cc1ccc(C(=O)NC2CC2)cc1. The van der Waals surface area contributed by atoms with Gasteiger partial charge in [-0.25, -0.2) is 0 Å². The van der Waals surface area contributed by atoms with Crippen LogP contribution in [0.25, 0.3) is 0 Å². The first-order valence-corrected chi connectivity index (χ1v) is 8.03. The molecule has 0 atom stereocenters. The zero-order chi connectivity index (χ0) is 16.4. The molecular weight excluding hydrogens is 290 g/mol. The van der Waals surface area contributed by atoms with Gasteiger partial charge in [0.05, 0.1) is 5.69 Å². The summed E-state index contributed by atoms with van der Waals surface area (Å²) in [5.74, 6) is 0.907. The van der Waals surface area contributed by atoms with Gasteiger partial charge in [0.2, 0.25) is 0 Å². The number of hydrogen-bond donors (Lipinski definition) is 1. The second-order valence-electron chi connectivity index (χ2n) is 6.42. The summed E-state index contributed by atoms with van der Waals surface area (Å²) in [4.78, 5) is 14.2. The zero-order valence-electron chi connectivity index (χ0n) is 13.9. The molecule has 23 heavy (non-hydrogen) atoms. The largest absolute Gasteiger partial charge is 0.361 e. The molecule has 0 saturated heterocycles. The van der Waals surface area contributed by atoms with Gasteiger partial charge in [0.25, 0.3) is 5.91 Å². The summed E-state index contributed by atoms with van der Waals surface area (Å²) in [6.45, 7) is 5.52. The minimum absolute atomic E-state index is 0.0307. The van der Waals surface area contributed by atoms with E-state index < -0.39 is 0 Å². The quantitative estimate of drug-likeness (QED) is 0.891. The average molecular weight is 313 g/mol. The lowest BCUT2D eigenvalue weighted by molar-refractivity contribution is 0.0951. The highest BCUT2D eigenvalue weighted by atomic mass is 16.5. The van der Waals surface area contributed by atoms with Gasteiger partial charge in [0, 0.05) is 30.3 Å². The molecule has 1 heterocycles. The van der Waals surface area contributed by atoms with E-state index >= 15 is 0 Å². The fourth-order valence-corrected chi connectivity index (χ4v) is 2.62. The summed E-state index contributed by atoms with van der Waals surface area (Å²) in [6, 6.07) is 8.23. The summed E-state index contributed by atoms with van der Waals surface area (Å²) in [5, 5.41) is 7.00. The molecule has 1 aromatic carbocycles. The minimum Gasteiger partial charge on any atom is -0.361 e. The first-order chi connectivity index (χ1) is 11.0. The van der Waals surface area contributed by atoms with Crippen LogP contribution in [0.4, 0.5) is 0 Å². The zero-order valence-corrected chi connectivity index (χ0v) is 13.9. The normalized spacial score (nSPS) is 14.3. The first kappa shape index (κ1) is 15.7. The molecule has 0 aliphatic heterocycles. The Morgan fingerprint density at radius 3 is 2.52 bits per heavy atom. The van der Waals surface area contributed by atoms with Gasteiger partial charge in [-0.05, 0) is 51.4 Å². The summed E-state index contributed by atoms with van der Waals surface area (Å²) < 4.78 is 5.20. The predicted molar refractivity (Wildman–Crippen MR) is 88.1 cm³/mol. The van der Waals surface area contributed by atoms with Crippen molar-refractivity contribution in [3.63, 3.8) is 0 Å². The lowest BCUT2D eigenvalue weighted by Gasteiger charge is -2.16. The number of rotatable bonds is 6. The monoisotopic (exact) mass is 313 g/mol. The third kappa shape index (κ3) is 3.99. The van der Waals surface area contributed by atoms with E-state index in [0.29, 0.717) is 6.04 Å². The van der Waals surface area contributed by atoms with Crippen LogP contribution >= 0.6 is 0 Å². The fraction of sp³-hybridized carbons (Fsp3) is 0.444. The van der Waals surface area contributed by atoms with Crippen LogP contribution in [0.15, 0.2) is 28.8 Å². The number of hydrogen-bond acceptors (Lipinski definition) is 4. The summed E-state index contributed by atoms with van der Waals surface area (Å²) >= 11 is 0. The maximum absolute atomic E-state index is 12.0. The molecule has 1 aliphatic rings. The maximum Gasteiger partial charge on any atom is 0.251 e. The van der Waals surface area contributed by atoms with Gasteiger partial charge in [0.15, 0.2) is 0 Å². The second kappa shape index (κ2) is 6.54. The number of carbonyl (C=O) groups is 1. The smallest absolute Gasteiger partial charge is 0.251 e. The Labute approximate surface area is 136 Å². The first-order valence-electron chi connectivity index (χ1n) is 8.03. The summed E-state index contributed by atoms with van der Waals surface area (Å²) in [7, 11) is 2.07. The van der Waals surface area contributed by atoms with Gasteiger partial charge < -0.3 is 9.84 Å². The van der Waals surface area contributed by atoms with E-state index in [1.807, 2.05) is 38.1 Å². The molecule has 0 bridgehead atoms. The molecule has 1 N–H and O–H groups in total. The maximum atomic E-state index is 12.0. The molecule has 0 unspecified atom stereocenters.